The van der Waals surface area contributed by atoms with Crippen LogP contribution < -0.4 is 0 Å². The Morgan fingerprint density at radius 3 is 2.29 bits per heavy atom. The maximum absolute atomic E-state index is 14.5. The molecule has 4 atom stereocenters. The Morgan fingerprint density at radius 1 is 0.875 bits per heavy atom. The third-order valence-electron chi connectivity index (χ3n) is 11.3. The van der Waals surface area contributed by atoms with E-state index < -0.39 is 17.1 Å². The van der Waals surface area contributed by atoms with E-state index in [1.54, 1.807) is 0 Å². The molecule has 0 radical (unpaired) electrons. The molecule has 1 saturated carbocycles. The van der Waals surface area contributed by atoms with E-state index in [0.717, 1.165) is 60.9 Å². The third kappa shape index (κ3) is 7.42. The van der Waals surface area contributed by atoms with Crippen molar-refractivity contribution in [2.24, 2.45) is 5.41 Å². The van der Waals surface area contributed by atoms with Crippen LogP contribution >= 0.6 is 0 Å². The van der Waals surface area contributed by atoms with Gasteiger partial charge in [-0.3, -0.25) is 4.79 Å². The molecule has 2 N–H and O–H groups in total. The number of hydrogen-bond acceptors (Lipinski definition) is 4. The predicted octanol–water partition coefficient (Wildman–Crippen LogP) is 8.80. The van der Waals surface area contributed by atoms with E-state index in [2.05, 4.69) is 80.4 Å². The molecule has 0 amide bonds. The summed E-state index contributed by atoms with van der Waals surface area (Å²) in [6.45, 7) is 5.88. The molecule has 4 heteroatoms. The summed E-state index contributed by atoms with van der Waals surface area (Å²) in [5, 5.41) is 23.6. The van der Waals surface area contributed by atoms with Gasteiger partial charge in [0, 0.05) is 29.6 Å². The molecule has 3 aliphatic carbocycles. The zero-order valence-electron chi connectivity index (χ0n) is 28.9. The number of ketones is 1. The first-order chi connectivity index (χ1) is 23.1. The normalized spacial score (nSPS) is 24.6. The molecule has 4 aromatic rings. The number of likely N-dealkylation sites (N-methyl/N-ethyl adjacent to an activating group) is 1. The zero-order valence-corrected chi connectivity index (χ0v) is 28.9. The highest BCUT2D eigenvalue weighted by molar-refractivity contribution is 6.10. The second kappa shape index (κ2) is 14.7. The lowest BCUT2D eigenvalue weighted by Gasteiger charge is -2.45. The summed E-state index contributed by atoms with van der Waals surface area (Å²) in [6, 6.07) is 35.0. The fourth-order valence-corrected chi connectivity index (χ4v) is 8.29. The van der Waals surface area contributed by atoms with Crippen LogP contribution in [-0.4, -0.2) is 52.7 Å². The lowest BCUT2D eigenvalue weighted by Crippen LogP contribution is -2.52. The number of allylic oxidation sites excluding steroid dienone is 2. The van der Waals surface area contributed by atoms with Crippen molar-refractivity contribution < 1.29 is 15.0 Å². The van der Waals surface area contributed by atoms with Crippen LogP contribution in [0.2, 0.25) is 0 Å². The topological polar surface area (TPSA) is 60.8 Å². The molecule has 0 heterocycles. The van der Waals surface area contributed by atoms with Gasteiger partial charge in [0.05, 0.1) is 11.7 Å². The Morgan fingerprint density at radius 2 is 1.56 bits per heavy atom. The summed E-state index contributed by atoms with van der Waals surface area (Å²) >= 11 is 0. The number of carbonyl (C=O) groups is 1. The van der Waals surface area contributed by atoms with Crippen molar-refractivity contribution in [3.63, 3.8) is 0 Å². The Bertz CT molecular complexity index is 1710. The molecular formula is C44H51NO3. The van der Waals surface area contributed by atoms with Crippen LogP contribution in [0, 0.1) is 5.41 Å². The zero-order chi connectivity index (χ0) is 33.7. The molecule has 7 rings (SSSR count). The van der Waals surface area contributed by atoms with Crippen LogP contribution in [0.15, 0.2) is 115 Å². The first-order valence-electron chi connectivity index (χ1n) is 17.8. The van der Waals surface area contributed by atoms with Gasteiger partial charge in [-0.25, -0.2) is 0 Å². The van der Waals surface area contributed by atoms with E-state index in [0.29, 0.717) is 36.9 Å². The molecule has 250 valence electrons. The van der Waals surface area contributed by atoms with E-state index in [-0.39, 0.29) is 11.7 Å². The molecule has 48 heavy (non-hydrogen) atoms. The minimum Gasteiger partial charge on any atom is -0.393 e. The van der Waals surface area contributed by atoms with Crippen molar-refractivity contribution in [2.45, 2.75) is 82.8 Å². The van der Waals surface area contributed by atoms with Gasteiger partial charge in [0.2, 0.25) is 0 Å². The number of carbonyl (C=O) groups excluding carboxylic acids is 1. The largest absolute Gasteiger partial charge is 0.393 e. The van der Waals surface area contributed by atoms with Gasteiger partial charge in [-0.05, 0) is 105 Å². The maximum Gasteiger partial charge on any atom is 0.193 e. The average Bonchev–Trinajstić information content (AvgIpc) is 3.35. The van der Waals surface area contributed by atoms with Crippen molar-refractivity contribution >= 4 is 5.78 Å². The summed E-state index contributed by atoms with van der Waals surface area (Å²) in [5.41, 5.74) is 6.79. The van der Waals surface area contributed by atoms with Gasteiger partial charge in [0.25, 0.3) is 0 Å². The van der Waals surface area contributed by atoms with Crippen LogP contribution in [0.3, 0.4) is 0 Å². The number of hydrogen-bond donors (Lipinski definition) is 2. The number of nitrogens with zero attached hydrogens (tertiary/aromatic N) is 1. The Kier molecular flexibility index (Phi) is 10.5. The number of rotatable bonds is 8. The number of aliphatic hydroxyl groups is 2. The smallest absolute Gasteiger partial charge is 0.193 e. The molecule has 0 aromatic heterocycles. The Balaban J connectivity index is 1.35. The molecule has 3 aliphatic rings. The van der Waals surface area contributed by atoms with Crippen molar-refractivity contribution in [1.82, 2.24) is 4.90 Å². The molecule has 0 spiro atoms. The van der Waals surface area contributed by atoms with Gasteiger partial charge in [-0.1, -0.05) is 116 Å². The van der Waals surface area contributed by atoms with Gasteiger partial charge >= 0.3 is 0 Å². The van der Waals surface area contributed by atoms with Crippen molar-refractivity contribution in [3.05, 3.63) is 143 Å². The fraction of sp³-hybridized carbons (Fsp3) is 0.386. The van der Waals surface area contributed by atoms with Gasteiger partial charge in [0.15, 0.2) is 5.78 Å². The van der Waals surface area contributed by atoms with E-state index in [4.69, 9.17) is 0 Å². The molecule has 0 unspecified atom stereocenters. The highest BCUT2D eigenvalue weighted by Gasteiger charge is 2.57. The number of benzene rings is 4. The first-order valence-corrected chi connectivity index (χ1v) is 17.8. The molecule has 0 saturated heterocycles. The van der Waals surface area contributed by atoms with Crippen LogP contribution in [0.25, 0.3) is 11.1 Å². The van der Waals surface area contributed by atoms with Crippen LogP contribution in [0.5, 0.6) is 0 Å². The molecule has 4 aromatic carbocycles. The molecule has 0 aliphatic heterocycles. The monoisotopic (exact) mass is 641 g/mol. The molecule has 2 bridgehead atoms. The Labute approximate surface area is 287 Å². The summed E-state index contributed by atoms with van der Waals surface area (Å²) < 4.78 is 0. The summed E-state index contributed by atoms with van der Waals surface area (Å²) in [7, 11) is 2.12. The summed E-state index contributed by atoms with van der Waals surface area (Å²) in [5.74, 6) is 0.0183. The van der Waals surface area contributed by atoms with Crippen molar-refractivity contribution in [2.75, 3.05) is 20.1 Å². The van der Waals surface area contributed by atoms with Crippen LogP contribution in [0.4, 0.5) is 0 Å². The van der Waals surface area contributed by atoms with Crippen molar-refractivity contribution in [1.29, 1.82) is 0 Å². The fourth-order valence-electron chi connectivity index (χ4n) is 8.29. The van der Waals surface area contributed by atoms with Gasteiger partial charge < -0.3 is 15.1 Å². The standard InChI is InChI=1S/C44H51NO3/c1-32-11-10-26-43(2)41(24-27-44(43,48)31-45(3)28-25-33-12-6-4-7-13-33)39-23-17-34(29-38(46)22-16-32)30-40(39)42(47)37-20-18-36(19-21-37)35-14-8-5-9-15-35/h4-9,11-15,17-21,23,30,38,41,46,48H,10,16,22,24-29,31H2,1-3H3/t38-,41-,43-,44+/m0/s1. The van der Waals surface area contributed by atoms with Gasteiger partial charge in [-0.2, -0.15) is 0 Å². The quantitative estimate of drug-likeness (QED) is 0.149. The average molecular weight is 642 g/mol. The SMILES string of the molecule is CC1=CCC[C@@]2(C)[C@@H](CC[C@@]2(O)CN(C)CCc2ccccc2)c2ccc(cc2C(=O)c2ccc(-c3ccccc3)cc2)C[C@@H](O)CC1. The molecule has 4 nitrogen and oxygen atoms in total. The summed E-state index contributed by atoms with van der Waals surface area (Å²) in [6.07, 6.45) is 7.99. The minimum atomic E-state index is -0.908. The third-order valence-corrected chi connectivity index (χ3v) is 11.3. The maximum atomic E-state index is 14.5. The van der Waals surface area contributed by atoms with Gasteiger partial charge in [-0.15, -0.1) is 0 Å². The number of fused-ring (bicyclic) bond motifs is 8. The highest BCUT2D eigenvalue weighted by Crippen LogP contribution is 2.58. The van der Waals surface area contributed by atoms with Crippen molar-refractivity contribution in [3.8, 4) is 11.1 Å². The lowest BCUT2D eigenvalue weighted by molar-refractivity contribution is -0.0798. The number of aliphatic hydroxyl groups excluding tert-OH is 1. The van der Waals surface area contributed by atoms with E-state index >= 15 is 0 Å². The second-order valence-electron chi connectivity index (χ2n) is 14.7. The lowest BCUT2D eigenvalue weighted by atomic mass is 9.64. The minimum absolute atomic E-state index is 0.00144. The second-order valence-corrected chi connectivity index (χ2v) is 14.7. The van der Waals surface area contributed by atoms with E-state index in [1.165, 1.54) is 11.1 Å². The van der Waals surface area contributed by atoms with E-state index in [9.17, 15) is 15.0 Å². The predicted molar refractivity (Wildman–Crippen MR) is 196 cm³/mol. The first kappa shape index (κ1) is 34.0. The summed E-state index contributed by atoms with van der Waals surface area (Å²) in [4.78, 5) is 16.8. The van der Waals surface area contributed by atoms with E-state index in [1.807, 2.05) is 54.6 Å². The highest BCUT2D eigenvalue weighted by atomic mass is 16.3. The Hall–Kier alpha value is -3.83. The van der Waals surface area contributed by atoms with Gasteiger partial charge in [0.1, 0.15) is 0 Å². The van der Waals surface area contributed by atoms with Crippen LogP contribution in [0.1, 0.15) is 90.9 Å². The molecular weight excluding hydrogens is 590 g/mol. The van der Waals surface area contributed by atoms with Crippen LogP contribution in [-0.2, 0) is 12.8 Å². The molecule has 1 fully saturated rings.